The van der Waals surface area contributed by atoms with Crippen LogP contribution in [0.3, 0.4) is 0 Å². The number of rotatable bonds is 0. The van der Waals surface area contributed by atoms with Crippen LogP contribution in [0.1, 0.15) is 6.92 Å². The van der Waals surface area contributed by atoms with E-state index in [4.69, 9.17) is 17.0 Å². The first-order valence-electron chi connectivity index (χ1n) is 1.50. The Balaban J connectivity index is 3.30. The van der Waals surface area contributed by atoms with Crippen molar-refractivity contribution in [3.8, 4) is 0 Å². The molecule has 0 unspecified atom stereocenters. The Labute approximate surface area is 41.4 Å². The molecular formula is C3H5ClN2. The Morgan fingerprint density at radius 1 is 2.00 bits per heavy atom. The third-order valence-corrected chi connectivity index (χ3v) is 0.340. The van der Waals surface area contributed by atoms with Crippen LogP contribution >= 0.6 is 11.6 Å². The Hall–Kier alpha value is -0.370. The fourth-order valence-corrected chi connectivity index (χ4v) is 0.211. The molecule has 1 N–H and O–H groups in total. The number of hydrogen-bond acceptors (Lipinski definition) is 1. The molecule has 0 saturated heterocycles. The summed E-state index contributed by atoms with van der Waals surface area (Å²) in [6, 6.07) is 0. The van der Waals surface area contributed by atoms with E-state index in [1.54, 1.807) is 6.92 Å². The lowest BCUT2D eigenvalue weighted by atomic mass is 10.9. The molecule has 0 radical (unpaired) electrons. The predicted molar refractivity (Wildman–Crippen MR) is 27.7 cm³/mol. The topological polar surface area (TPSA) is 36.2 Å². The molecule has 3 heteroatoms. The zero-order valence-corrected chi connectivity index (χ0v) is 4.16. The second kappa shape index (κ2) is 2.85. The molecule has 0 atom stereocenters. The lowest BCUT2D eigenvalue weighted by Crippen LogP contribution is -1.72. The maximum absolute atomic E-state index is 6.46. The molecule has 6 heavy (non-hydrogen) atoms. The summed E-state index contributed by atoms with van der Waals surface area (Å²) in [4.78, 5) is 3.35. The lowest BCUT2D eigenvalue weighted by Gasteiger charge is -1.71. The molecule has 0 aromatic rings. The zero-order chi connectivity index (χ0) is 4.99. The molecule has 0 amide bonds. The van der Waals surface area contributed by atoms with E-state index in [0.29, 0.717) is 0 Å². The van der Waals surface area contributed by atoms with Gasteiger partial charge in [0.05, 0.1) is 0 Å². The largest absolute Gasteiger partial charge is 0.272 e. The van der Waals surface area contributed by atoms with Crippen LogP contribution in [0, 0.1) is 5.41 Å². The molecule has 0 fully saturated rings. The van der Waals surface area contributed by atoms with E-state index < -0.39 is 0 Å². The van der Waals surface area contributed by atoms with Gasteiger partial charge in [-0.2, -0.15) is 0 Å². The molecular weight excluding hydrogens is 99.5 g/mol. The Morgan fingerprint density at radius 2 is 2.50 bits per heavy atom. The summed E-state index contributed by atoms with van der Waals surface area (Å²) >= 11 is 4.96. The summed E-state index contributed by atoms with van der Waals surface area (Å²) < 4.78 is 0. The first-order valence-corrected chi connectivity index (χ1v) is 1.88. The molecule has 34 valence electrons. The molecule has 0 bridgehead atoms. The van der Waals surface area contributed by atoms with Crippen molar-refractivity contribution in [1.82, 2.24) is 0 Å². The summed E-state index contributed by atoms with van der Waals surface area (Å²) in [5.74, 6) is 0. The van der Waals surface area contributed by atoms with Gasteiger partial charge in [0.1, 0.15) is 0 Å². The van der Waals surface area contributed by atoms with Crippen molar-refractivity contribution in [2.75, 3.05) is 0 Å². The Morgan fingerprint density at radius 3 is 2.50 bits per heavy atom. The summed E-state index contributed by atoms with van der Waals surface area (Å²) in [7, 11) is 0. The van der Waals surface area contributed by atoms with Gasteiger partial charge in [-0.25, -0.2) is 4.99 Å². The van der Waals surface area contributed by atoms with Gasteiger partial charge in [0, 0.05) is 6.21 Å². The van der Waals surface area contributed by atoms with Crippen molar-refractivity contribution < 1.29 is 0 Å². The molecule has 0 spiro atoms. The first kappa shape index (κ1) is 5.63. The fraction of sp³-hybridized carbons (Fsp3) is 0.333. The van der Waals surface area contributed by atoms with Crippen LogP contribution in [0.15, 0.2) is 4.99 Å². The van der Waals surface area contributed by atoms with Gasteiger partial charge in [-0.3, -0.25) is 5.41 Å². The van der Waals surface area contributed by atoms with E-state index in [0.717, 1.165) is 0 Å². The molecule has 0 aliphatic carbocycles. The molecule has 0 aliphatic rings. The van der Waals surface area contributed by atoms with E-state index in [2.05, 4.69) is 4.99 Å². The van der Waals surface area contributed by atoms with Crippen molar-refractivity contribution in [3.05, 3.63) is 0 Å². The van der Waals surface area contributed by atoms with Gasteiger partial charge in [-0.1, -0.05) is 0 Å². The Kier molecular flexibility index (Phi) is 2.67. The summed E-state index contributed by atoms with van der Waals surface area (Å²) in [6.07, 6.45) is 1.47. The maximum Gasteiger partial charge on any atom is 0.214 e. The van der Waals surface area contributed by atoms with Gasteiger partial charge in [0.2, 0.25) is 5.29 Å². The minimum Gasteiger partial charge on any atom is -0.272 e. The van der Waals surface area contributed by atoms with E-state index >= 15 is 0 Å². The molecule has 0 aromatic heterocycles. The number of amidine groups is 1. The van der Waals surface area contributed by atoms with Crippen LogP contribution in [0.2, 0.25) is 0 Å². The summed E-state index contributed by atoms with van der Waals surface area (Å²) in [6.45, 7) is 1.71. The molecule has 0 rings (SSSR count). The van der Waals surface area contributed by atoms with E-state index in [-0.39, 0.29) is 5.29 Å². The van der Waals surface area contributed by atoms with Gasteiger partial charge in [0.25, 0.3) is 0 Å². The highest BCUT2D eigenvalue weighted by molar-refractivity contribution is 6.64. The SMILES string of the molecule is C/C=N\C(=N)Cl. The normalized spacial score (nSPS) is 9.67. The minimum atomic E-state index is -0.169. The van der Waals surface area contributed by atoms with E-state index in [1.807, 2.05) is 0 Å². The highest BCUT2D eigenvalue weighted by Gasteiger charge is 1.71. The second-order valence-electron chi connectivity index (χ2n) is 0.678. The monoisotopic (exact) mass is 104 g/mol. The second-order valence-corrected chi connectivity index (χ2v) is 1.04. The number of halogens is 1. The fourth-order valence-electron chi connectivity index (χ4n) is 0.113. The van der Waals surface area contributed by atoms with Crippen molar-refractivity contribution in [2.45, 2.75) is 6.92 Å². The number of nitrogens with one attached hydrogen (secondary N) is 1. The predicted octanol–water partition coefficient (Wildman–Crippen LogP) is 1.25. The first-order chi connectivity index (χ1) is 2.77. The quantitative estimate of drug-likeness (QED) is 0.273. The van der Waals surface area contributed by atoms with Crippen molar-refractivity contribution in [1.29, 1.82) is 5.41 Å². The molecule has 0 saturated carbocycles. The van der Waals surface area contributed by atoms with Crippen LogP contribution in [-0.4, -0.2) is 11.5 Å². The average Bonchev–Trinajstić information content (AvgIpc) is 1.35. The van der Waals surface area contributed by atoms with Gasteiger partial charge >= 0.3 is 0 Å². The van der Waals surface area contributed by atoms with Gasteiger partial charge in [0.15, 0.2) is 0 Å². The third kappa shape index (κ3) is 3.63. The van der Waals surface area contributed by atoms with Crippen LogP contribution < -0.4 is 0 Å². The zero-order valence-electron chi connectivity index (χ0n) is 3.40. The highest BCUT2D eigenvalue weighted by Crippen LogP contribution is 1.77. The maximum atomic E-state index is 6.46. The molecule has 2 nitrogen and oxygen atoms in total. The standard InChI is InChI=1S/C3H5ClN2/c1-2-6-3(4)5/h2,5H,1H3/b5-3?,6-2-. The molecule has 0 heterocycles. The van der Waals surface area contributed by atoms with E-state index in [1.165, 1.54) is 6.21 Å². The number of hydrogen-bond donors (Lipinski definition) is 1. The smallest absolute Gasteiger partial charge is 0.214 e. The third-order valence-electron chi connectivity index (χ3n) is 0.242. The Bertz CT molecular complexity index is 76.9. The van der Waals surface area contributed by atoms with Crippen LogP contribution in [0.4, 0.5) is 0 Å². The van der Waals surface area contributed by atoms with Gasteiger partial charge < -0.3 is 0 Å². The van der Waals surface area contributed by atoms with Crippen LogP contribution in [0.5, 0.6) is 0 Å². The lowest BCUT2D eigenvalue weighted by molar-refractivity contribution is 1.50. The number of nitrogens with zero attached hydrogens (tertiary/aromatic N) is 1. The molecule has 0 aromatic carbocycles. The van der Waals surface area contributed by atoms with Crippen LogP contribution in [0.25, 0.3) is 0 Å². The van der Waals surface area contributed by atoms with E-state index in [9.17, 15) is 0 Å². The minimum absolute atomic E-state index is 0.169. The van der Waals surface area contributed by atoms with Crippen LogP contribution in [-0.2, 0) is 0 Å². The van der Waals surface area contributed by atoms with Gasteiger partial charge in [-0.15, -0.1) is 0 Å². The highest BCUT2D eigenvalue weighted by atomic mass is 35.5. The number of aliphatic imine (C=N–C) groups is 1. The molecule has 0 aliphatic heterocycles. The van der Waals surface area contributed by atoms with Crippen molar-refractivity contribution in [2.24, 2.45) is 4.99 Å². The van der Waals surface area contributed by atoms with Gasteiger partial charge in [-0.05, 0) is 18.5 Å². The average molecular weight is 105 g/mol. The van der Waals surface area contributed by atoms with Crippen molar-refractivity contribution in [3.63, 3.8) is 0 Å². The van der Waals surface area contributed by atoms with Crippen molar-refractivity contribution >= 4 is 23.1 Å². The summed E-state index contributed by atoms with van der Waals surface area (Å²) in [5, 5.41) is 6.29. The summed E-state index contributed by atoms with van der Waals surface area (Å²) in [5.41, 5.74) is 0.